The van der Waals surface area contributed by atoms with Gasteiger partial charge in [0.2, 0.25) is 0 Å². The third-order valence-electron chi connectivity index (χ3n) is 5.26. The van der Waals surface area contributed by atoms with Gasteiger partial charge in [0.05, 0.1) is 18.1 Å². The number of hydrogen-bond acceptors (Lipinski definition) is 5. The molecule has 1 aromatic carbocycles. The lowest BCUT2D eigenvalue weighted by atomic mass is 10.0. The number of hydrogen-bond donors (Lipinski definition) is 0. The largest absolute Gasteiger partial charge is 0.489 e. The van der Waals surface area contributed by atoms with E-state index in [2.05, 4.69) is 14.9 Å². The van der Waals surface area contributed by atoms with Crippen LogP contribution in [0.4, 0.5) is 23.2 Å². The number of rotatable bonds is 4. The van der Waals surface area contributed by atoms with Crippen molar-refractivity contribution in [2.45, 2.75) is 25.1 Å². The molecule has 0 saturated carbocycles. The fourth-order valence-electron chi connectivity index (χ4n) is 3.65. The Kier molecular flexibility index (Phi) is 5.95. The number of ether oxygens (including phenoxy) is 1. The van der Waals surface area contributed by atoms with E-state index in [1.54, 1.807) is 24.4 Å². The first kappa shape index (κ1) is 21.6. The van der Waals surface area contributed by atoms with Gasteiger partial charge in [-0.05, 0) is 35.9 Å². The lowest BCUT2D eigenvalue weighted by Gasteiger charge is -2.34. The van der Waals surface area contributed by atoms with Crippen molar-refractivity contribution >= 4 is 5.69 Å². The third-order valence-corrected chi connectivity index (χ3v) is 5.26. The van der Waals surface area contributed by atoms with Crippen molar-refractivity contribution in [1.29, 1.82) is 5.26 Å². The fraction of sp³-hybridized carbons (Fsp3) is 0.261. The molecular weight excluding hydrogens is 424 g/mol. The minimum absolute atomic E-state index is 0.162. The Labute approximate surface area is 181 Å². The van der Waals surface area contributed by atoms with Crippen LogP contribution in [0.3, 0.4) is 0 Å². The van der Waals surface area contributed by atoms with Crippen LogP contribution in [-0.2, 0) is 6.18 Å². The maximum absolute atomic E-state index is 13.4. The summed E-state index contributed by atoms with van der Waals surface area (Å²) >= 11 is 0. The molecule has 1 saturated heterocycles. The number of nitriles is 1. The number of alkyl halides is 3. The van der Waals surface area contributed by atoms with Gasteiger partial charge in [0, 0.05) is 31.5 Å². The molecule has 0 radical (unpaired) electrons. The summed E-state index contributed by atoms with van der Waals surface area (Å²) in [6, 6.07) is 11.9. The predicted octanol–water partition coefficient (Wildman–Crippen LogP) is 5.22. The second kappa shape index (κ2) is 8.83. The van der Waals surface area contributed by atoms with Crippen LogP contribution in [-0.4, -0.2) is 29.2 Å². The van der Waals surface area contributed by atoms with E-state index in [9.17, 15) is 22.8 Å². The van der Waals surface area contributed by atoms with Crippen LogP contribution in [0.15, 0.2) is 54.9 Å². The molecule has 1 aliphatic heterocycles. The molecule has 9 heteroatoms. The molecule has 2 aromatic heterocycles. The van der Waals surface area contributed by atoms with Gasteiger partial charge >= 0.3 is 6.18 Å². The van der Waals surface area contributed by atoms with Crippen molar-refractivity contribution < 1.29 is 22.3 Å². The molecule has 3 heterocycles. The average Bonchev–Trinajstić information content (AvgIpc) is 2.79. The summed E-state index contributed by atoms with van der Waals surface area (Å²) in [5.74, 6) is -0.0518. The zero-order valence-corrected chi connectivity index (χ0v) is 16.8. The minimum Gasteiger partial charge on any atom is -0.489 e. The summed E-state index contributed by atoms with van der Waals surface area (Å²) in [5.41, 5.74) is 1.69. The molecule has 0 unspecified atom stereocenters. The van der Waals surface area contributed by atoms with Crippen molar-refractivity contribution in [3.8, 4) is 22.9 Å². The minimum atomic E-state index is -4.48. The monoisotopic (exact) mass is 442 g/mol. The van der Waals surface area contributed by atoms with Crippen molar-refractivity contribution in [3.63, 3.8) is 0 Å². The van der Waals surface area contributed by atoms with Crippen molar-refractivity contribution in [3.05, 3.63) is 72.1 Å². The molecule has 0 bridgehead atoms. The Balaban J connectivity index is 1.46. The molecule has 0 N–H and O–H groups in total. The van der Waals surface area contributed by atoms with E-state index < -0.39 is 11.9 Å². The Morgan fingerprint density at radius 3 is 2.31 bits per heavy atom. The predicted molar refractivity (Wildman–Crippen MR) is 109 cm³/mol. The molecule has 164 valence electrons. The van der Waals surface area contributed by atoms with E-state index in [0.717, 1.165) is 29.1 Å². The molecule has 1 fully saturated rings. The number of aromatic nitrogens is 2. The van der Waals surface area contributed by atoms with E-state index in [1.807, 2.05) is 6.07 Å². The summed E-state index contributed by atoms with van der Waals surface area (Å²) in [6.07, 6.45) is -0.634. The zero-order chi connectivity index (χ0) is 22.7. The van der Waals surface area contributed by atoms with Gasteiger partial charge < -0.3 is 9.64 Å². The Morgan fingerprint density at radius 2 is 1.72 bits per heavy atom. The van der Waals surface area contributed by atoms with Crippen LogP contribution >= 0.6 is 0 Å². The van der Waals surface area contributed by atoms with Gasteiger partial charge in [-0.3, -0.25) is 0 Å². The first-order chi connectivity index (χ1) is 15.3. The number of nitrogens with zero attached hydrogens (tertiary/aromatic N) is 4. The smallest absolute Gasteiger partial charge is 0.433 e. The van der Waals surface area contributed by atoms with Crippen LogP contribution < -0.4 is 9.64 Å². The normalized spacial score (nSPS) is 14.8. The molecule has 0 spiro atoms. The van der Waals surface area contributed by atoms with Crippen LogP contribution in [0.5, 0.6) is 5.75 Å². The third kappa shape index (κ3) is 4.80. The van der Waals surface area contributed by atoms with Gasteiger partial charge in [-0.1, -0.05) is 12.1 Å². The highest BCUT2D eigenvalue weighted by Crippen LogP contribution is 2.34. The molecule has 0 atom stereocenters. The standard InChI is InChI=1S/C23H18F4N4O/c24-16-3-1-15(2-4-16)20-11-17(12-28)29-14-21(20)31-9-7-18(8-10-31)32-19-5-6-22(30-13-19)23(25,26)27/h1-6,11,13-14,18H,7-10H2. The lowest BCUT2D eigenvalue weighted by molar-refractivity contribution is -0.141. The van der Waals surface area contributed by atoms with Crippen LogP contribution in [0.2, 0.25) is 0 Å². The molecule has 5 nitrogen and oxygen atoms in total. The second-order valence-corrected chi connectivity index (χ2v) is 7.39. The first-order valence-electron chi connectivity index (χ1n) is 9.94. The van der Waals surface area contributed by atoms with Crippen molar-refractivity contribution in [1.82, 2.24) is 9.97 Å². The van der Waals surface area contributed by atoms with Gasteiger partial charge in [-0.15, -0.1) is 0 Å². The van der Waals surface area contributed by atoms with E-state index in [1.165, 1.54) is 18.2 Å². The second-order valence-electron chi connectivity index (χ2n) is 7.39. The molecular formula is C23H18F4N4O. The summed E-state index contributed by atoms with van der Waals surface area (Å²) in [7, 11) is 0. The van der Waals surface area contributed by atoms with Crippen LogP contribution in [0, 0.1) is 17.1 Å². The Bertz CT molecular complexity index is 1120. The number of anilines is 1. The van der Waals surface area contributed by atoms with Gasteiger partial charge in [0.1, 0.15) is 35.1 Å². The molecule has 1 aliphatic rings. The molecule has 4 rings (SSSR count). The van der Waals surface area contributed by atoms with Gasteiger partial charge in [-0.2, -0.15) is 18.4 Å². The maximum atomic E-state index is 13.4. The lowest BCUT2D eigenvalue weighted by Crippen LogP contribution is -2.38. The van der Waals surface area contributed by atoms with Gasteiger partial charge in [-0.25, -0.2) is 14.4 Å². The topological polar surface area (TPSA) is 62.0 Å². The highest BCUT2D eigenvalue weighted by atomic mass is 19.4. The molecule has 3 aromatic rings. The SMILES string of the molecule is N#Cc1cc(-c2ccc(F)cc2)c(N2CCC(Oc3ccc(C(F)(F)F)nc3)CC2)cn1. The van der Waals surface area contributed by atoms with Crippen LogP contribution in [0.1, 0.15) is 24.2 Å². The number of piperidine rings is 1. The quantitative estimate of drug-likeness (QED) is 0.519. The van der Waals surface area contributed by atoms with E-state index in [-0.39, 0.29) is 17.6 Å². The van der Waals surface area contributed by atoms with E-state index >= 15 is 0 Å². The fourth-order valence-corrected chi connectivity index (χ4v) is 3.65. The van der Waals surface area contributed by atoms with E-state index in [4.69, 9.17) is 4.74 Å². The first-order valence-corrected chi connectivity index (χ1v) is 9.94. The summed E-state index contributed by atoms with van der Waals surface area (Å²) in [5, 5.41) is 9.22. The molecule has 0 amide bonds. The van der Waals surface area contributed by atoms with Crippen molar-refractivity contribution in [2.75, 3.05) is 18.0 Å². The highest BCUT2D eigenvalue weighted by molar-refractivity contribution is 5.79. The maximum Gasteiger partial charge on any atom is 0.433 e. The van der Waals surface area contributed by atoms with Gasteiger partial charge in [0.15, 0.2) is 0 Å². The zero-order valence-electron chi connectivity index (χ0n) is 16.8. The Morgan fingerprint density at radius 1 is 1.00 bits per heavy atom. The van der Waals surface area contributed by atoms with E-state index in [0.29, 0.717) is 31.7 Å². The number of benzene rings is 1. The summed E-state index contributed by atoms with van der Waals surface area (Å²) in [4.78, 5) is 9.72. The number of pyridine rings is 2. The summed E-state index contributed by atoms with van der Waals surface area (Å²) < 4.78 is 57.1. The van der Waals surface area contributed by atoms with Gasteiger partial charge in [0.25, 0.3) is 0 Å². The van der Waals surface area contributed by atoms with Crippen molar-refractivity contribution in [2.24, 2.45) is 0 Å². The highest BCUT2D eigenvalue weighted by Gasteiger charge is 2.32. The number of halogens is 4. The summed E-state index contributed by atoms with van der Waals surface area (Å²) in [6.45, 7) is 1.25. The van der Waals surface area contributed by atoms with Crippen LogP contribution in [0.25, 0.3) is 11.1 Å². The average molecular weight is 442 g/mol. The molecule has 32 heavy (non-hydrogen) atoms. The molecule has 0 aliphatic carbocycles. The Hall–Kier alpha value is -3.67.